The predicted octanol–water partition coefficient (Wildman–Crippen LogP) is 3.11. The summed E-state index contributed by atoms with van der Waals surface area (Å²) in [4.78, 5) is 3.81. The molecule has 1 heterocycles. The van der Waals surface area contributed by atoms with Crippen molar-refractivity contribution in [3.63, 3.8) is 0 Å². The molecule has 1 aromatic heterocycles. The summed E-state index contributed by atoms with van der Waals surface area (Å²) in [5.74, 6) is -0.340. The van der Waals surface area contributed by atoms with Crippen molar-refractivity contribution < 1.29 is 8.81 Å². The lowest BCUT2D eigenvalue weighted by molar-refractivity contribution is 0.561. The largest absolute Gasteiger partial charge is 0.443 e. The second-order valence-electron chi connectivity index (χ2n) is 2.77. The Kier molecular flexibility index (Phi) is 2.52. The molecular formula is C10H4BrFN2O. The molecule has 0 spiro atoms. The Hall–Kier alpha value is -1.67. The molecule has 5 heteroatoms. The average molecular weight is 267 g/mol. The monoisotopic (exact) mass is 266 g/mol. The van der Waals surface area contributed by atoms with Gasteiger partial charge in [-0.3, -0.25) is 0 Å². The SMILES string of the molecule is N#Cc1coc(-c2ccc(Br)cc2F)n1. The number of aromatic nitrogens is 1. The first-order valence-corrected chi connectivity index (χ1v) is 4.81. The van der Waals surface area contributed by atoms with Crippen LogP contribution in [0.2, 0.25) is 0 Å². The van der Waals surface area contributed by atoms with Crippen LogP contribution in [0.1, 0.15) is 5.69 Å². The zero-order chi connectivity index (χ0) is 10.8. The molecule has 1 aromatic carbocycles. The second-order valence-corrected chi connectivity index (χ2v) is 3.69. The molecule has 0 amide bonds. The van der Waals surface area contributed by atoms with Crippen molar-refractivity contribution in [1.82, 2.24) is 4.98 Å². The summed E-state index contributed by atoms with van der Waals surface area (Å²) in [5.41, 5.74) is 0.368. The van der Waals surface area contributed by atoms with Gasteiger partial charge in [0.05, 0.1) is 5.56 Å². The van der Waals surface area contributed by atoms with Gasteiger partial charge < -0.3 is 4.42 Å². The van der Waals surface area contributed by atoms with Gasteiger partial charge in [0.2, 0.25) is 5.89 Å². The van der Waals surface area contributed by atoms with E-state index in [1.165, 1.54) is 18.4 Å². The third kappa shape index (κ3) is 1.90. The van der Waals surface area contributed by atoms with Crippen LogP contribution in [0.15, 0.2) is 33.4 Å². The summed E-state index contributed by atoms with van der Waals surface area (Å²) in [5, 5.41) is 8.54. The zero-order valence-electron chi connectivity index (χ0n) is 7.37. The first-order valence-electron chi connectivity index (χ1n) is 4.02. The molecule has 0 aliphatic rings. The summed E-state index contributed by atoms with van der Waals surface area (Å²) in [6.07, 6.45) is 1.19. The lowest BCUT2D eigenvalue weighted by Crippen LogP contribution is -1.84. The minimum Gasteiger partial charge on any atom is -0.443 e. The molecule has 2 rings (SSSR count). The molecule has 0 saturated carbocycles. The predicted molar refractivity (Wildman–Crippen MR) is 54.3 cm³/mol. The normalized spacial score (nSPS) is 9.93. The maximum Gasteiger partial charge on any atom is 0.230 e. The lowest BCUT2D eigenvalue weighted by Gasteiger charge is -1.97. The van der Waals surface area contributed by atoms with E-state index in [1.807, 2.05) is 6.07 Å². The summed E-state index contributed by atoms with van der Waals surface area (Å²) in [7, 11) is 0. The van der Waals surface area contributed by atoms with E-state index in [0.717, 1.165) is 0 Å². The van der Waals surface area contributed by atoms with Crippen molar-refractivity contribution in [3.05, 3.63) is 40.4 Å². The van der Waals surface area contributed by atoms with E-state index in [0.29, 0.717) is 4.47 Å². The second kappa shape index (κ2) is 3.83. The van der Waals surface area contributed by atoms with Crippen LogP contribution in [0, 0.1) is 17.1 Å². The Labute approximate surface area is 93.3 Å². The molecule has 0 saturated heterocycles. The number of nitrogens with zero attached hydrogens (tertiary/aromatic N) is 2. The molecular weight excluding hydrogens is 263 g/mol. The quantitative estimate of drug-likeness (QED) is 0.797. The van der Waals surface area contributed by atoms with E-state index >= 15 is 0 Å². The molecule has 3 nitrogen and oxygen atoms in total. The van der Waals surface area contributed by atoms with Gasteiger partial charge in [0.25, 0.3) is 0 Å². The third-order valence-electron chi connectivity index (χ3n) is 1.78. The van der Waals surface area contributed by atoms with Crippen molar-refractivity contribution in [3.8, 4) is 17.5 Å². The molecule has 74 valence electrons. The van der Waals surface area contributed by atoms with Crippen molar-refractivity contribution in [2.24, 2.45) is 0 Å². The number of hydrogen-bond acceptors (Lipinski definition) is 3. The van der Waals surface area contributed by atoms with Gasteiger partial charge >= 0.3 is 0 Å². The van der Waals surface area contributed by atoms with Crippen molar-refractivity contribution >= 4 is 15.9 Å². The van der Waals surface area contributed by atoms with Gasteiger partial charge in [0.1, 0.15) is 18.1 Å². The molecule has 0 fully saturated rings. The van der Waals surface area contributed by atoms with Gasteiger partial charge in [0.15, 0.2) is 5.69 Å². The Bertz CT molecular complexity index is 545. The molecule has 0 aliphatic heterocycles. The maximum atomic E-state index is 13.4. The standard InChI is InChI=1S/C10H4BrFN2O/c11-6-1-2-8(9(12)3-6)10-14-7(4-13)5-15-10/h1-3,5H. The highest BCUT2D eigenvalue weighted by Crippen LogP contribution is 2.24. The van der Waals surface area contributed by atoms with Crippen LogP contribution < -0.4 is 0 Å². The van der Waals surface area contributed by atoms with Crippen LogP contribution >= 0.6 is 15.9 Å². The van der Waals surface area contributed by atoms with Crippen LogP contribution in [0.5, 0.6) is 0 Å². The molecule has 0 bridgehead atoms. The van der Waals surface area contributed by atoms with Gasteiger partial charge in [-0.2, -0.15) is 10.2 Å². The van der Waals surface area contributed by atoms with E-state index < -0.39 is 5.82 Å². The first kappa shape index (κ1) is 9.87. The van der Waals surface area contributed by atoms with Gasteiger partial charge in [-0.05, 0) is 18.2 Å². The van der Waals surface area contributed by atoms with Crippen LogP contribution in [0.4, 0.5) is 4.39 Å². The Morgan fingerprint density at radius 2 is 2.27 bits per heavy atom. The third-order valence-corrected chi connectivity index (χ3v) is 2.27. The Balaban J connectivity index is 2.50. The number of hydrogen-bond donors (Lipinski definition) is 0. The summed E-state index contributed by atoms with van der Waals surface area (Å²) >= 11 is 3.14. The number of halogens is 2. The summed E-state index contributed by atoms with van der Waals surface area (Å²) in [6.45, 7) is 0. The Morgan fingerprint density at radius 3 is 2.87 bits per heavy atom. The van der Waals surface area contributed by atoms with Crippen LogP contribution in [0.25, 0.3) is 11.5 Å². The van der Waals surface area contributed by atoms with E-state index in [2.05, 4.69) is 20.9 Å². The fourth-order valence-corrected chi connectivity index (χ4v) is 1.44. The average Bonchev–Trinajstić information content (AvgIpc) is 2.66. The highest BCUT2D eigenvalue weighted by Gasteiger charge is 2.11. The number of rotatable bonds is 1. The summed E-state index contributed by atoms with van der Waals surface area (Å²) < 4.78 is 19.0. The number of nitriles is 1. The van der Waals surface area contributed by atoms with Crippen molar-refractivity contribution in [1.29, 1.82) is 5.26 Å². The van der Waals surface area contributed by atoms with E-state index in [-0.39, 0.29) is 17.1 Å². The molecule has 0 atom stereocenters. The van der Waals surface area contributed by atoms with Crippen LogP contribution in [-0.4, -0.2) is 4.98 Å². The van der Waals surface area contributed by atoms with E-state index in [4.69, 9.17) is 9.68 Å². The molecule has 15 heavy (non-hydrogen) atoms. The lowest BCUT2D eigenvalue weighted by atomic mass is 10.2. The topological polar surface area (TPSA) is 49.8 Å². The molecule has 0 unspecified atom stereocenters. The molecule has 0 aliphatic carbocycles. The van der Waals surface area contributed by atoms with Gasteiger partial charge in [0, 0.05) is 4.47 Å². The smallest absolute Gasteiger partial charge is 0.230 e. The molecule has 0 radical (unpaired) electrons. The highest BCUT2D eigenvalue weighted by atomic mass is 79.9. The molecule has 2 aromatic rings. The fourth-order valence-electron chi connectivity index (χ4n) is 1.11. The first-order chi connectivity index (χ1) is 7.20. The molecule has 0 N–H and O–H groups in total. The summed E-state index contributed by atoms with van der Waals surface area (Å²) in [6, 6.07) is 6.33. The number of oxazole rings is 1. The van der Waals surface area contributed by atoms with Crippen molar-refractivity contribution in [2.75, 3.05) is 0 Å². The van der Waals surface area contributed by atoms with Crippen LogP contribution in [-0.2, 0) is 0 Å². The Morgan fingerprint density at radius 1 is 1.47 bits per heavy atom. The minimum absolute atomic E-state index is 0.108. The van der Waals surface area contributed by atoms with E-state index in [9.17, 15) is 4.39 Å². The van der Waals surface area contributed by atoms with Gasteiger partial charge in [-0.1, -0.05) is 15.9 Å². The zero-order valence-corrected chi connectivity index (χ0v) is 8.95. The van der Waals surface area contributed by atoms with Crippen molar-refractivity contribution in [2.45, 2.75) is 0 Å². The van der Waals surface area contributed by atoms with Gasteiger partial charge in [-0.15, -0.1) is 0 Å². The maximum absolute atomic E-state index is 13.4. The van der Waals surface area contributed by atoms with Gasteiger partial charge in [-0.25, -0.2) is 4.39 Å². The minimum atomic E-state index is -0.448. The number of benzene rings is 1. The van der Waals surface area contributed by atoms with E-state index in [1.54, 1.807) is 6.07 Å². The van der Waals surface area contributed by atoms with Crippen LogP contribution in [0.3, 0.4) is 0 Å². The highest BCUT2D eigenvalue weighted by molar-refractivity contribution is 9.10. The fraction of sp³-hybridized carbons (Fsp3) is 0.